The Labute approximate surface area is 809 Å². The van der Waals surface area contributed by atoms with E-state index < -0.39 is 0 Å². The first-order valence-electron chi connectivity index (χ1n) is 47.2. The van der Waals surface area contributed by atoms with Gasteiger partial charge in [-0.3, -0.25) is 0 Å². The van der Waals surface area contributed by atoms with Crippen LogP contribution in [0, 0.1) is 0 Å². The highest BCUT2D eigenvalue weighted by Crippen LogP contribution is 2.59. The summed E-state index contributed by atoms with van der Waals surface area (Å²) in [5.41, 5.74) is 38.9. The third-order valence-electron chi connectivity index (χ3n) is 28.6. The summed E-state index contributed by atoms with van der Waals surface area (Å²) < 4.78 is 11.9. The van der Waals surface area contributed by atoms with E-state index in [1.165, 1.54) is 140 Å². The van der Waals surface area contributed by atoms with Gasteiger partial charge in [-0.2, -0.15) is 0 Å². The van der Waals surface area contributed by atoms with Crippen molar-refractivity contribution in [2.45, 2.75) is 57.8 Å². The van der Waals surface area contributed by atoms with Crippen molar-refractivity contribution in [1.82, 2.24) is 29.9 Å². The van der Waals surface area contributed by atoms with Crippen LogP contribution in [0.2, 0.25) is 0 Å². The summed E-state index contributed by atoms with van der Waals surface area (Å²) in [4.78, 5) is 30.6. The Bertz CT molecular complexity index is 8530. The van der Waals surface area contributed by atoms with Gasteiger partial charge in [-0.05, 0) is 155 Å². The lowest BCUT2D eigenvalue weighted by molar-refractivity contribution is 0.653. The largest absolute Gasteiger partial charge is 0.455 e. The molecule has 6 aromatic heterocycles. The van der Waals surface area contributed by atoms with Gasteiger partial charge < -0.3 is 4.42 Å². The molecule has 0 atom stereocenters. The van der Waals surface area contributed by atoms with E-state index >= 15 is 0 Å². The van der Waals surface area contributed by atoms with E-state index in [-0.39, 0.29) is 16.2 Å². The smallest absolute Gasteiger partial charge is 0.164 e. The van der Waals surface area contributed by atoms with E-state index in [1.54, 1.807) is 0 Å². The van der Waals surface area contributed by atoms with Crippen LogP contribution < -0.4 is 0 Å². The highest BCUT2D eigenvalue weighted by atomic mass is 32.1. The van der Waals surface area contributed by atoms with Crippen LogP contribution in [0.15, 0.2) is 441 Å². The summed E-state index contributed by atoms with van der Waals surface area (Å²) in [5, 5.41) is 7.64. The number of thiophene rings is 2. The molecule has 0 saturated heterocycles. The second-order valence-electron chi connectivity index (χ2n) is 37.9. The maximum atomic E-state index is 6.56. The molecule has 24 aromatic rings. The van der Waals surface area contributed by atoms with Crippen molar-refractivity contribution in [2.24, 2.45) is 0 Å². The lowest BCUT2D eigenvalue weighted by Gasteiger charge is -2.21. The molecule has 138 heavy (non-hydrogen) atoms. The predicted molar refractivity (Wildman–Crippen MR) is 577 cm³/mol. The Kier molecular flexibility index (Phi) is 20.2. The van der Waals surface area contributed by atoms with Crippen molar-refractivity contribution in [2.75, 3.05) is 0 Å². The van der Waals surface area contributed by atoms with Crippen LogP contribution in [-0.4, -0.2) is 29.9 Å². The molecule has 9 heteroatoms. The average Bonchev–Trinajstić information content (AvgIpc) is 1.56. The van der Waals surface area contributed by atoms with Crippen LogP contribution in [0.25, 0.3) is 231 Å². The van der Waals surface area contributed by atoms with Gasteiger partial charge in [-0.25, -0.2) is 29.9 Å². The first-order chi connectivity index (χ1) is 67.6. The molecule has 18 aromatic carbocycles. The molecule has 0 aliphatic heterocycles. The van der Waals surface area contributed by atoms with Crippen molar-refractivity contribution in [3.05, 3.63) is 470 Å². The topological polar surface area (TPSA) is 90.5 Å². The second-order valence-corrected chi connectivity index (χ2v) is 40.0. The number of fused-ring (bicyclic) bond motifs is 21. The molecule has 7 nitrogen and oxygen atoms in total. The molecule has 0 radical (unpaired) electrons. The lowest BCUT2D eigenvalue weighted by Crippen LogP contribution is -2.14. The highest BCUT2D eigenvalue weighted by molar-refractivity contribution is 7.26. The number of benzene rings is 18. The minimum atomic E-state index is -0.114. The molecule has 0 amide bonds. The molecule has 0 unspecified atom stereocenters. The Morgan fingerprint density at radius 3 is 0.957 bits per heavy atom. The van der Waals surface area contributed by atoms with E-state index in [1.807, 2.05) is 71.2 Å². The molecule has 0 N–H and O–H groups in total. The molecule has 0 bridgehead atoms. The number of aromatic nitrogens is 6. The van der Waals surface area contributed by atoms with E-state index in [2.05, 4.69) is 430 Å². The number of hydrogen-bond acceptors (Lipinski definition) is 9. The first kappa shape index (κ1) is 83.3. The van der Waals surface area contributed by atoms with E-state index in [4.69, 9.17) is 34.3 Å². The molecule has 27 rings (SSSR count). The Morgan fingerprint density at radius 2 is 0.486 bits per heavy atom. The van der Waals surface area contributed by atoms with Gasteiger partial charge in [0.2, 0.25) is 0 Å². The van der Waals surface area contributed by atoms with Gasteiger partial charge >= 0.3 is 0 Å². The van der Waals surface area contributed by atoms with Gasteiger partial charge in [-0.15, -0.1) is 22.7 Å². The molecule has 0 spiro atoms. The van der Waals surface area contributed by atoms with Gasteiger partial charge in [0.1, 0.15) is 11.2 Å². The summed E-state index contributed by atoms with van der Waals surface area (Å²) in [6.45, 7) is 14.0. The fourth-order valence-corrected chi connectivity index (χ4v) is 23.9. The third-order valence-corrected chi connectivity index (χ3v) is 31.0. The van der Waals surface area contributed by atoms with Gasteiger partial charge in [0.05, 0.1) is 22.8 Å². The number of rotatable bonds is 12. The van der Waals surface area contributed by atoms with Crippen molar-refractivity contribution in [3.8, 4) is 168 Å². The summed E-state index contributed by atoms with van der Waals surface area (Å²) in [6.07, 6.45) is 0. The zero-order chi connectivity index (χ0) is 92.5. The van der Waals surface area contributed by atoms with Crippen molar-refractivity contribution in [1.29, 1.82) is 0 Å². The van der Waals surface area contributed by atoms with E-state index in [0.717, 1.165) is 106 Å². The van der Waals surface area contributed by atoms with Crippen LogP contribution in [0.1, 0.15) is 74.9 Å². The number of para-hydroxylation sites is 1. The van der Waals surface area contributed by atoms with Crippen LogP contribution in [-0.2, 0) is 16.2 Å². The molecular formula is C129H90N6OS2. The second kappa shape index (κ2) is 33.5. The fraction of sp³-hybridized carbons (Fsp3) is 0.0698. The standard InChI is InChI=1S/C44H31NO.C43H30N2S.C42H29N3S/c1-44(2)37-22-20-32(25-36(37)42-38(44)23-21-35-34-18-9-10-19-41(34)46-43(35)42)30-16-11-17-31(24-30)33-26-39(28-12-5-3-6-13-28)45-40(27-33)29-14-7-4-8-15-29;1-43(2)35-23-21-31(25-34(35)40-36(43)24-22-33-32-15-9-10-16-39(32)46-41(33)40)42-44-37(29-13-7-4-8-14-29)26-38(45-42)30-19-17-28(18-20-30)27-11-5-3-6-12-27;1-42(2)34-23-21-30(25-33(34)37-35(42)24-22-32-31-15-9-10-16-36(31)46-38(32)37)41-44-39(28-13-7-4-8-14-28)43-40(45-41)29-19-17-27(18-20-29)26-11-5-3-6-12-26/h3-27H,1-2H3;3-26H,1-2H3;3-25H,1-2H3. The Morgan fingerprint density at radius 1 is 0.188 bits per heavy atom. The molecule has 6 heterocycles. The summed E-state index contributed by atoms with van der Waals surface area (Å²) >= 11 is 3.79. The van der Waals surface area contributed by atoms with E-state index in [9.17, 15) is 0 Å². The monoisotopic (exact) mass is 1800 g/mol. The molecule has 0 saturated carbocycles. The number of hydrogen-bond donors (Lipinski definition) is 0. The zero-order valence-corrected chi connectivity index (χ0v) is 78.6. The number of nitrogens with zero attached hydrogens (tertiary/aromatic N) is 6. The van der Waals surface area contributed by atoms with Gasteiger partial charge in [0.15, 0.2) is 23.3 Å². The Balaban J connectivity index is 0.000000110. The fourth-order valence-electron chi connectivity index (χ4n) is 21.3. The predicted octanol–water partition coefficient (Wildman–Crippen LogP) is 35.0. The van der Waals surface area contributed by atoms with Crippen molar-refractivity contribution >= 4 is 85.0 Å². The number of furan rings is 1. The van der Waals surface area contributed by atoms with Crippen molar-refractivity contribution < 1.29 is 4.42 Å². The van der Waals surface area contributed by atoms with Gasteiger partial charge in [-0.1, -0.05) is 418 Å². The Hall–Kier alpha value is -16.6. The highest BCUT2D eigenvalue weighted by Gasteiger charge is 2.41. The minimum Gasteiger partial charge on any atom is -0.455 e. The number of pyridine rings is 1. The van der Waals surface area contributed by atoms with Crippen LogP contribution >= 0.6 is 22.7 Å². The van der Waals surface area contributed by atoms with E-state index in [0.29, 0.717) is 17.5 Å². The maximum absolute atomic E-state index is 6.56. The lowest BCUT2D eigenvalue weighted by atomic mass is 9.82. The first-order valence-corrected chi connectivity index (χ1v) is 48.9. The molecular weight excluding hydrogens is 1710 g/mol. The van der Waals surface area contributed by atoms with Gasteiger partial charge in [0, 0.05) is 129 Å². The summed E-state index contributed by atoms with van der Waals surface area (Å²) in [6, 6.07) is 155. The molecule has 3 aliphatic carbocycles. The van der Waals surface area contributed by atoms with Crippen molar-refractivity contribution in [3.63, 3.8) is 0 Å². The molecule has 654 valence electrons. The zero-order valence-electron chi connectivity index (χ0n) is 77.0. The normalized spacial score (nSPS) is 13.2. The average molecular weight is 1800 g/mol. The molecule has 0 fully saturated rings. The van der Waals surface area contributed by atoms with Crippen LogP contribution in [0.5, 0.6) is 0 Å². The third kappa shape index (κ3) is 14.5. The van der Waals surface area contributed by atoms with Crippen LogP contribution in [0.3, 0.4) is 0 Å². The minimum absolute atomic E-state index is 0.0913. The molecule has 3 aliphatic rings. The SMILES string of the molecule is CC1(C)c2ccc(-c3cccc(-c4cc(-c5ccccc5)nc(-c5ccccc5)c4)c3)cc2-c2c1ccc1c2oc2ccccc21.CC1(C)c2ccc(-c3nc(-c4ccccc4)cc(-c4ccc(-c5ccccc5)cc4)n3)cc2-c2c1ccc1c2sc2ccccc21.CC1(C)c2ccc(-c3nc(-c4ccccc4)nc(-c4ccc(-c5ccccc5)cc4)n3)cc2-c2c1ccc1c2sc2ccccc21. The van der Waals surface area contributed by atoms with Crippen LogP contribution in [0.4, 0.5) is 0 Å². The van der Waals surface area contributed by atoms with Gasteiger partial charge in [0.25, 0.3) is 0 Å². The summed E-state index contributed by atoms with van der Waals surface area (Å²) in [5.74, 6) is 2.74. The summed E-state index contributed by atoms with van der Waals surface area (Å²) in [7, 11) is 0. The quantitative estimate of drug-likeness (QED) is 0.120. The maximum Gasteiger partial charge on any atom is 0.164 e.